The summed E-state index contributed by atoms with van der Waals surface area (Å²) in [6, 6.07) is 3.16. The smallest absolute Gasteiger partial charge is 0.419 e. The summed E-state index contributed by atoms with van der Waals surface area (Å²) in [6.07, 6.45) is -3.70. The van der Waals surface area contributed by atoms with Gasteiger partial charge in [0, 0.05) is 25.0 Å². The van der Waals surface area contributed by atoms with Gasteiger partial charge >= 0.3 is 6.18 Å². The van der Waals surface area contributed by atoms with Crippen LogP contribution in [0.2, 0.25) is 0 Å². The van der Waals surface area contributed by atoms with Crippen molar-refractivity contribution >= 4 is 11.6 Å². The van der Waals surface area contributed by atoms with Crippen molar-refractivity contribution in [1.82, 2.24) is 4.57 Å². The van der Waals surface area contributed by atoms with Crippen LogP contribution in [-0.2, 0) is 13.2 Å². The van der Waals surface area contributed by atoms with Crippen LogP contribution in [-0.4, -0.2) is 17.6 Å². The molecule has 0 fully saturated rings. The Morgan fingerprint density at radius 3 is 2.50 bits per heavy atom. The standard InChI is InChI=1S/C15H12F4N2O3/c1-21-7-9(12(24-2)6-13(21)22)14(23)20-8-3-4-11(16)10(5-8)15(17,18)19/h3-7H,1-2H3,(H,20,23). The fraction of sp³-hybridized carbons (Fsp3) is 0.200. The van der Waals surface area contributed by atoms with Gasteiger partial charge in [-0.25, -0.2) is 4.39 Å². The van der Waals surface area contributed by atoms with E-state index in [-0.39, 0.29) is 17.0 Å². The Balaban J connectivity index is 2.38. The summed E-state index contributed by atoms with van der Waals surface area (Å²) in [4.78, 5) is 23.7. The molecule has 0 aliphatic carbocycles. The zero-order valence-corrected chi connectivity index (χ0v) is 12.6. The van der Waals surface area contributed by atoms with E-state index in [9.17, 15) is 27.2 Å². The molecule has 0 saturated carbocycles. The van der Waals surface area contributed by atoms with E-state index in [4.69, 9.17) is 4.74 Å². The highest BCUT2D eigenvalue weighted by Gasteiger charge is 2.34. The fourth-order valence-electron chi connectivity index (χ4n) is 1.97. The van der Waals surface area contributed by atoms with Crippen molar-refractivity contribution < 1.29 is 27.1 Å². The third-order valence-electron chi connectivity index (χ3n) is 3.18. The predicted molar refractivity (Wildman–Crippen MR) is 77.6 cm³/mol. The highest BCUT2D eigenvalue weighted by molar-refractivity contribution is 6.06. The maximum absolute atomic E-state index is 13.3. The molecule has 0 radical (unpaired) electrons. The number of hydrogen-bond acceptors (Lipinski definition) is 3. The van der Waals surface area contributed by atoms with Crippen LogP contribution in [0.5, 0.6) is 5.75 Å². The highest BCUT2D eigenvalue weighted by atomic mass is 19.4. The number of anilines is 1. The second-order valence-electron chi connectivity index (χ2n) is 4.85. The third kappa shape index (κ3) is 3.55. The number of halogens is 4. The number of amides is 1. The monoisotopic (exact) mass is 344 g/mol. The highest BCUT2D eigenvalue weighted by Crippen LogP contribution is 2.33. The van der Waals surface area contributed by atoms with E-state index in [0.717, 1.165) is 16.7 Å². The first kappa shape index (κ1) is 17.5. The molecule has 128 valence electrons. The topological polar surface area (TPSA) is 60.3 Å². The van der Waals surface area contributed by atoms with Gasteiger partial charge in [0.05, 0.1) is 18.2 Å². The van der Waals surface area contributed by atoms with E-state index in [1.165, 1.54) is 20.4 Å². The normalized spacial score (nSPS) is 11.2. The first-order chi connectivity index (χ1) is 11.1. The Kier molecular flexibility index (Phi) is 4.63. The lowest BCUT2D eigenvalue weighted by atomic mass is 10.1. The number of methoxy groups -OCH3 is 1. The van der Waals surface area contributed by atoms with E-state index >= 15 is 0 Å². The third-order valence-corrected chi connectivity index (χ3v) is 3.18. The quantitative estimate of drug-likeness (QED) is 0.871. The summed E-state index contributed by atoms with van der Waals surface area (Å²) in [7, 11) is 2.64. The van der Waals surface area contributed by atoms with Gasteiger partial charge in [0.25, 0.3) is 11.5 Å². The number of ether oxygens (including phenoxy) is 1. The average Bonchev–Trinajstić information content (AvgIpc) is 2.50. The maximum atomic E-state index is 13.3. The molecular weight excluding hydrogens is 332 g/mol. The Labute approximate surface area is 133 Å². The lowest BCUT2D eigenvalue weighted by Crippen LogP contribution is -2.21. The van der Waals surface area contributed by atoms with Gasteiger partial charge in [-0.2, -0.15) is 13.2 Å². The predicted octanol–water partition coefficient (Wildman–Crippen LogP) is 2.80. The molecule has 0 saturated heterocycles. The van der Waals surface area contributed by atoms with E-state index in [2.05, 4.69) is 5.32 Å². The number of aryl methyl sites for hydroxylation is 1. The van der Waals surface area contributed by atoms with E-state index < -0.39 is 29.0 Å². The SMILES string of the molecule is COc1cc(=O)n(C)cc1C(=O)Nc1ccc(F)c(C(F)(F)F)c1. The van der Waals surface area contributed by atoms with Gasteiger partial charge in [0.15, 0.2) is 0 Å². The van der Waals surface area contributed by atoms with Crippen LogP contribution in [0.15, 0.2) is 35.3 Å². The van der Waals surface area contributed by atoms with Crippen LogP contribution in [0, 0.1) is 5.82 Å². The lowest BCUT2D eigenvalue weighted by Gasteiger charge is -2.13. The van der Waals surface area contributed by atoms with Gasteiger partial charge in [0.1, 0.15) is 11.6 Å². The molecule has 0 aliphatic heterocycles. The van der Waals surface area contributed by atoms with Gasteiger partial charge in [-0.15, -0.1) is 0 Å². The molecule has 1 amide bonds. The first-order valence-corrected chi connectivity index (χ1v) is 6.56. The molecule has 1 aromatic carbocycles. The van der Waals surface area contributed by atoms with Crippen molar-refractivity contribution in [2.24, 2.45) is 7.05 Å². The number of rotatable bonds is 3. The van der Waals surface area contributed by atoms with Crippen LogP contribution in [0.1, 0.15) is 15.9 Å². The Morgan fingerprint density at radius 2 is 1.92 bits per heavy atom. The lowest BCUT2D eigenvalue weighted by molar-refractivity contribution is -0.139. The Bertz CT molecular complexity index is 844. The number of carbonyl (C=O) groups excluding carboxylic acids is 1. The van der Waals surface area contributed by atoms with Crippen LogP contribution >= 0.6 is 0 Å². The Hall–Kier alpha value is -2.84. The molecule has 0 aliphatic rings. The number of nitrogens with one attached hydrogen (secondary N) is 1. The molecular formula is C15H12F4N2O3. The van der Waals surface area contributed by atoms with Crippen molar-refractivity contribution in [1.29, 1.82) is 0 Å². The number of alkyl halides is 3. The van der Waals surface area contributed by atoms with Gasteiger partial charge in [0.2, 0.25) is 0 Å². The van der Waals surface area contributed by atoms with E-state index in [0.29, 0.717) is 12.1 Å². The van der Waals surface area contributed by atoms with Crippen molar-refractivity contribution in [2.45, 2.75) is 6.18 Å². The number of carbonyl (C=O) groups is 1. The molecule has 5 nitrogen and oxygen atoms in total. The number of hydrogen-bond donors (Lipinski definition) is 1. The van der Waals surface area contributed by atoms with Crippen molar-refractivity contribution in [2.75, 3.05) is 12.4 Å². The van der Waals surface area contributed by atoms with E-state index in [1.54, 1.807) is 0 Å². The van der Waals surface area contributed by atoms with Crippen molar-refractivity contribution in [3.8, 4) is 5.75 Å². The molecule has 2 aromatic rings. The maximum Gasteiger partial charge on any atom is 0.419 e. The summed E-state index contributed by atoms with van der Waals surface area (Å²) in [6.45, 7) is 0. The van der Waals surface area contributed by atoms with Gasteiger partial charge in [-0.05, 0) is 18.2 Å². The minimum atomic E-state index is -4.89. The molecule has 1 N–H and O–H groups in total. The average molecular weight is 344 g/mol. The van der Waals surface area contributed by atoms with Gasteiger partial charge in [-0.3, -0.25) is 9.59 Å². The molecule has 0 unspecified atom stereocenters. The summed E-state index contributed by atoms with van der Waals surface area (Å²) in [5.41, 5.74) is -2.22. The van der Waals surface area contributed by atoms with E-state index in [1.807, 2.05) is 0 Å². The molecule has 0 bridgehead atoms. The molecule has 9 heteroatoms. The Morgan fingerprint density at radius 1 is 1.25 bits per heavy atom. The minimum Gasteiger partial charge on any atom is -0.496 e. The number of benzene rings is 1. The first-order valence-electron chi connectivity index (χ1n) is 6.56. The zero-order valence-electron chi connectivity index (χ0n) is 12.6. The van der Waals surface area contributed by atoms with Crippen LogP contribution < -0.4 is 15.6 Å². The molecule has 24 heavy (non-hydrogen) atoms. The molecule has 0 atom stereocenters. The summed E-state index contributed by atoms with van der Waals surface area (Å²) in [5, 5.41) is 2.22. The number of aromatic nitrogens is 1. The summed E-state index contributed by atoms with van der Waals surface area (Å²) >= 11 is 0. The second kappa shape index (κ2) is 6.34. The fourth-order valence-corrected chi connectivity index (χ4v) is 1.97. The van der Waals surface area contributed by atoms with Crippen LogP contribution in [0.25, 0.3) is 0 Å². The molecule has 2 rings (SSSR count). The largest absolute Gasteiger partial charge is 0.496 e. The molecule has 1 heterocycles. The number of pyridine rings is 1. The zero-order chi connectivity index (χ0) is 18.1. The van der Waals surface area contributed by atoms with Crippen molar-refractivity contribution in [3.05, 3.63) is 57.8 Å². The summed E-state index contributed by atoms with van der Waals surface area (Å²) in [5.74, 6) is -2.28. The number of nitrogens with zero attached hydrogens (tertiary/aromatic N) is 1. The van der Waals surface area contributed by atoms with Crippen LogP contribution in [0.4, 0.5) is 23.2 Å². The van der Waals surface area contributed by atoms with Gasteiger partial charge < -0.3 is 14.6 Å². The van der Waals surface area contributed by atoms with Gasteiger partial charge in [-0.1, -0.05) is 0 Å². The second-order valence-corrected chi connectivity index (χ2v) is 4.85. The minimum absolute atomic E-state index is 0.0336. The van der Waals surface area contributed by atoms with Crippen molar-refractivity contribution in [3.63, 3.8) is 0 Å². The summed E-state index contributed by atoms with van der Waals surface area (Å²) < 4.78 is 57.4. The molecule has 1 aromatic heterocycles. The molecule has 0 spiro atoms. The van der Waals surface area contributed by atoms with Crippen LogP contribution in [0.3, 0.4) is 0 Å².